The number of rotatable bonds is 7. The number of hydrogen-bond donors (Lipinski definition) is 1. The highest BCUT2D eigenvalue weighted by atomic mass is 35.5. The Kier molecular flexibility index (Phi) is 6.79. The maximum atomic E-state index is 6.30. The molecular formula is C18H21Cl2N3O2. The van der Waals surface area contributed by atoms with Crippen LogP contribution in [0.1, 0.15) is 5.56 Å². The highest BCUT2D eigenvalue weighted by Gasteiger charge is 2.08. The Morgan fingerprint density at radius 2 is 1.56 bits per heavy atom. The molecule has 25 heavy (non-hydrogen) atoms. The molecule has 7 heteroatoms. The lowest BCUT2D eigenvalue weighted by Crippen LogP contribution is -2.07. The standard InChI is InChI=1S/C18H21Cl2N3O2/c1-23(2)11-22-18-16(19)7-13(8-17(18)20)21-10-12-5-14(24-3)9-15(6-12)25-4/h5-9,11,21H,10H2,1-4H3/b22-11-. The first-order chi connectivity index (χ1) is 11.9. The predicted molar refractivity (Wildman–Crippen MR) is 105 cm³/mol. The fourth-order valence-electron chi connectivity index (χ4n) is 2.14. The van der Waals surface area contributed by atoms with Crippen LogP contribution in [0.3, 0.4) is 0 Å². The Balaban J connectivity index is 2.16. The van der Waals surface area contributed by atoms with Gasteiger partial charge in [-0.1, -0.05) is 23.2 Å². The van der Waals surface area contributed by atoms with Crippen LogP contribution in [-0.2, 0) is 6.54 Å². The average molecular weight is 382 g/mol. The minimum absolute atomic E-state index is 0.483. The molecule has 5 nitrogen and oxygen atoms in total. The molecule has 0 atom stereocenters. The average Bonchev–Trinajstić information content (AvgIpc) is 2.58. The van der Waals surface area contributed by atoms with Crippen molar-refractivity contribution in [1.82, 2.24) is 4.90 Å². The summed E-state index contributed by atoms with van der Waals surface area (Å²) in [6.45, 7) is 0.570. The topological polar surface area (TPSA) is 46.1 Å². The molecule has 2 aromatic carbocycles. The third-order valence-corrected chi connectivity index (χ3v) is 3.92. The molecule has 0 radical (unpaired) electrons. The maximum Gasteiger partial charge on any atom is 0.122 e. The van der Waals surface area contributed by atoms with Gasteiger partial charge in [-0.2, -0.15) is 0 Å². The minimum Gasteiger partial charge on any atom is -0.497 e. The molecule has 0 saturated heterocycles. The second kappa shape index (κ2) is 8.83. The molecule has 0 bridgehead atoms. The maximum absolute atomic E-state index is 6.30. The van der Waals surface area contributed by atoms with E-state index >= 15 is 0 Å². The third kappa shape index (κ3) is 5.44. The number of ether oxygens (including phenoxy) is 2. The highest BCUT2D eigenvalue weighted by Crippen LogP contribution is 2.36. The van der Waals surface area contributed by atoms with Gasteiger partial charge in [0.2, 0.25) is 0 Å². The highest BCUT2D eigenvalue weighted by molar-refractivity contribution is 6.39. The first kappa shape index (κ1) is 19.2. The van der Waals surface area contributed by atoms with Crippen molar-refractivity contribution in [2.75, 3.05) is 33.6 Å². The van der Waals surface area contributed by atoms with Crippen LogP contribution >= 0.6 is 23.2 Å². The van der Waals surface area contributed by atoms with Gasteiger partial charge in [-0.05, 0) is 29.8 Å². The van der Waals surface area contributed by atoms with Crippen molar-refractivity contribution >= 4 is 40.9 Å². The second-order valence-corrected chi connectivity index (χ2v) is 6.39. The zero-order valence-corrected chi connectivity index (χ0v) is 16.1. The molecule has 0 unspecified atom stereocenters. The summed E-state index contributed by atoms with van der Waals surface area (Å²) < 4.78 is 10.6. The molecule has 0 spiro atoms. The first-order valence-corrected chi connectivity index (χ1v) is 8.34. The Hall–Kier alpha value is -2.11. The van der Waals surface area contributed by atoms with E-state index in [1.165, 1.54) is 0 Å². The zero-order chi connectivity index (χ0) is 18.4. The number of nitrogens with zero attached hydrogens (tertiary/aromatic N) is 2. The summed E-state index contributed by atoms with van der Waals surface area (Å²) in [5.41, 5.74) is 2.37. The van der Waals surface area contributed by atoms with E-state index in [9.17, 15) is 0 Å². The van der Waals surface area contributed by atoms with Crippen molar-refractivity contribution < 1.29 is 9.47 Å². The zero-order valence-electron chi connectivity index (χ0n) is 14.6. The van der Waals surface area contributed by atoms with Gasteiger partial charge in [0.05, 0.1) is 30.6 Å². The van der Waals surface area contributed by atoms with Gasteiger partial charge < -0.3 is 19.7 Å². The molecule has 0 heterocycles. The van der Waals surface area contributed by atoms with E-state index in [0.29, 0.717) is 22.3 Å². The van der Waals surface area contributed by atoms with E-state index in [4.69, 9.17) is 32.7 Å². The molecule has 0 aliphatic rings. The van der Waals surface area contributed by atoms with Gasteiger partial charge in [-0.25, -0.2) is 4.99 Å². The fraction of sp³-hybridized carbons (Fsp3) is 0.278. The molecule has 0 saturated carbocycles. The Bertz CT molecular complexity index is 719. The number of halogens is 2. The number of anilines is 1. The second-order valence-electron chi connectivity index (χ2n) is 5.57. The molecule has 0 amide bonds. The molecule has 0 aliphatic heterocycles. The molecule has 1 N–H and O–H groups in total. The van der Waals surface area contributed by atoms with Crippen LogP contribution in [0.15, 0.2) is 35.3 Å². The van der Waals surface area contributed by atoms with Crippen LogP contribution < -0.4 is 14.8 Å². The van der Waals surface area contributed by atoms with Crippen molar-refractivity contribution in [3.05, 3.63) is 45.9 Å². The molecular weight excluding hydrogens is 361 g/mol. The summed E-state index contributed by atoms with van der Waals surface area (Å²) in [6, 6.07) is 9.30. The lowest BCUT2D eigenvalue weighted by Gasteiger charge is -2.12. The van der Waals surface area contributed by atoms with Gasteiger partial charge in [0, 0.05) is 32.4 Å². The first-order valence-electron chi connectivity index (χ1n) is 7.58. The molecule has 134 valence electrons. The molecule has 0 aliphatic carbocycles. The van der Waals surface area contributed by atoms with E-state index in [1.54, 1.807) is 32.7 Å². The van der Waals surface area contributed by atoms with Gasteiger partial charge in [-0.15, -0.1) is 0 Å². The lowest BCUT2D eigenvalue weighted by molar-refractivity contribution is 0.393. The van der Waals surface area contributed by atoms with Crippen molar-refractivity contribution in [2.45, 2.75) is 6.54 Å². The van der Waals surface area contributed by atoms with Crippen LogP contribution in [0.4, 0.5) is 11.4 Å². The SMILES string of the molecule is COc1cc(CNc2cc(Cl)c(/N=C\N(C)C)c(Cl)c2)cc(OC)c1. The fourth-order valence-corrected chi connectivity index (χ4v) is 2.72. The van der Waals surface area contributed by atoms with E-state index in [0.717, 1.165) is 22.7 Å². The van der Waals surface area contributed by atoms with Crippen LogP contribution in [0, 0.1) is 0 Å². The molecule has 2 aromatic rings. The number of methoxy groups -OCH3 is 2. The quantitative estimate of drug-likeness (QED) is 0.550. The number of nitrogens with one attached hydrogen (secondary N) is 1. The van der Waals surface area contributed by atoms with E-state index in [-0.39, 0.29) is 0 Å². The molecule has 0 aromatic heterocycles. The number of hydrogen-bond acceptors (Lipinski definition) is 4. The summed E-state index contributed by atoms with van der Waals surface area (Å²) in [7, 11) is 7.00. The summed E-state index contributed by atoms with van der Waals surface area (Å²) in [6.07, 6.45) is 1.66. The van der Waals surface area contributed by atoms with E-state index in [1.807, 2.05) is 37.2 Å². The van der Waals surface area contributed by atoms with Gasteiger partial charge >= 0.3 is 0 Å². The van der Waals surface area contributed by atoms with Gasteiger partial charge in [0.25, 0.3) is 0 Å². The Labute approximate surface area is 158 Å². The minimum atomic E-state index is 0.483. The summed E-state index contributed by atoms with van der Waals surface area (Å²) in [4.78, 5) is 6.10. The third-order valence-electron chi connectivity index (χ3n) is 3.34. The van der Waals surface area contributed by atoms with Crippen LogP contribution in [0.2, 0.25) is 10.0 Å². The van der Waals surface area contributed by atoms with Crippen LogP contribution in [0.5, 0.6) is 11.5 Å². The predicted octanol–water partition coefficient (Wildman–Crippen LogP) is 4.84. The Morgan fingerprint density at radius 1 is 1.00 bits per heavy atom. The normalized spacial score (nSPS) is 10.8. The monoisotopic (exact) mass is 381 g/mol. The van der Waals surface area contributed by atoms with Crippen molar-refractivity contribution in [2.24, 2.45) is 4.99 Å². The molecule has 2 rings (SSSR count). The van der Waals surface area contributed by atoms with Crippen LogP contribution in [-0.4, -0.2) is 39.6 Å². The Morgan fingerprint density at radius 3 is 2.04 bits per heavy atom. The summed E-state index contributed by atoms with van der Waals surface area (Å²) >= 11 is 12.6. The lowest BCUT2D eigenvalue weighted by atomic mass is 10.2. The summed E-state index contributed by atoms with van der Waals surface area (Å²) in [5, 5.41) is 4.26. The van der Waals surface area contributed by atoms with Gasteiger partial charge in [0.1, 0.15) is 17.2 Å². The number of aliphatic imine (C=N–C) groups is 1. The van der Waals surface area contributed by atoms with Crippen molar-refractivity contribution in [1.29, 1.82) is 0 Å². The van der Waals surface area contributed by atoms with Gasteiger partial charge in [-0.3, -0.25) is 0 Å². The smallest absolute Gasteiger partial charge is 0.122 e. The van der Waals surface area contributed by atoms with E-state index in [2.05, 4.69) is 10.3 Å². The van der Waals surface area contributed by atoms with Gasteiger partial charge in [0.15, 0.2) is 0 Å². The van der Waals surface area contributed by atoms with Crippen molar-refractivity contribution in [3.8, 4) is 11.5 Å². The van der Waals surface area contributed by atoms with E-state index < -0.39 is 0 Å². The van der Waals surface area contributed by atoms with Crippen LogP contribution in [0.25, 0.3) is 0 Å². The van der Waals surface area contributed by atoms with Crippen molar-refractivity contribution in [3.63, 3.8) is 0 Å². The largest absolute Gasteiger partial charge is 0.497 e. The number of benzene rings is 2. The summed E-state index contributed by atoms with van der Waals surface area (Å²) in [5.74, 6) is 1.47. The molecule has 0 fully saturated rings.